The summed E-state index contributed by atoms with van der Waals surface area (Å²) in [7, 11) is 0. The summed E-state index contributed by atoms with van der Waals surface area (Å²) in [6, 6.07) is 9.36. The van der Waals surface area contributed by atoms with Crippen LogP contribution in [0.3, 0.4) is 0 Å². The number of carbonyl (C=O) groups is 1. The highest BCUT2D eigenvalue weighted by Gasteiger charge is 2.34. The molecule has 3 heterocycles. The number of nitrogens with one attached hydrogen (secondary N) is 2. The van der Waals surface area contributed by atoms with Crippen molar-refractivity contribution in [2.24, 2.45) is 0 Å². The van der Waals surface area contributed by atoms with Crippen molar-refractivity contribution >= 4 is 23.2 Å². The number of amides is 1. The van der Waals surface area contributed by atoms with Crippen molar-refractivity contribution in [2.45, 2.75) is 32.0 Å². The van der Waals surface area contributed by atoms with Gasteiger partial charge in [-0.1, -0.05) is 25.4 Å². The zero-order chi connectivity index (χ0) is 22.0. The molecule has 0 bridgehead atoms. The Hall–Kier alpha value is -3.03. The van der Waals surface area contributed by atoms with E-state index in [0.29, 0.717) is 28.5 Å². The summed E-state index contributed by atoms with van der Waals surface area (Å²) >= 11 is 6.05. The van der Waals surface area contributed by atoms with Crippen LogP contribution in [0.15, 0.2) is 55.0 Å². The molecule has 0 spiro atoms. The van der Waals surface area contributed by atoms with E-state index in [2.05, 4.69) is 20.6 Å². The van der Waals surface area contributed by atoms with Crippen LogP contribution in [0.25, 0.3) is 11.3 Å². The van der Waals surface area contributed by atoms with Crippen LogP contribution in [0, 0.1) is 5.82 Å². The maximum Gasteiger partial charge on any atom is 0.253 e. The van der Waals surface area contributed by atoms with Gasteiger partial charge in [-0.05, 0) is 47.9 Å². The molecule has 1 aliphatic heterocycles. The number of carbonyl (C=O) groups excluding carboxylic acids is 1. The minimum Gasteiger partial charge on any atom is -0.358 e. The van der Waals surface area contributed by atoms with E-state index in [1.165, 1.54) is 18.3 Å². The Morgan fingerprint density at radius 3 is 2.77 bits per heavy atom. The zero-order valence-corrected chi connectivity index (χ0v) is 17.9. The fraction of sp³-hybridized carbons (Fsp3) is 0.261. The highest BCUT2D eigenvalue weighted by Crippen LogP contribution is 2.32. The average Bonchev–Trinajstić information content (AvgIpc) is 2.76. The third-order valence-corrected chi connectivity index (χ3v) is 5.36. The minimum absolute atomic E-state index is 0.178. The standard InChI is InChI=1S/C23H22ClFN4O2/c1-13(2)17-11-27-19(16-8-15(24)5-6-18(16)25)9-20(17)29-23-21(12-31-23)28-22(30)14-4-3-7-26-10-14/h3-11,13,21,23H,12H2,1-2H3,(H,27,29)(H,28,30). The van der Waals surface area contributed by atoms with Gasteiger partial charge < -0.3 is 15.4 Å². The van der Waals surface area contributed by atoms with E-state index in [-0.39, 0.29) is 17.9 Å². The summed E-state index contributed by atoms with van der Waals surface area (Å²) in [6.07, 6.45) is 4.44. The molecule has 1 fully saturated rings. The molecular formula is C23H22ClFN4O2. The summed E-state index contributed by atoms with van der Waals surface area (Å²) in [6.45, 7) is 4.48. The number of halogens is 2. The Balaban J connectivity index is 1.55. The molecule has 1 aromatic carbocycles. The SMILES string of the molecule is CC(C)c1cnc(-c2cc(Cl)ccc2F)cc1NC1OCC1NC(=O)c1cccnc1. The number of aromatic nitrogens is 2. The normalized spacial score (nSPS) is 17.8. The number of nitrogens with zero attached hydrogens (tertiary/aromatic N) is 2. The fourth-order valence-corrected chi connectivity index (χ4v) is 3.51. The van der Waals surface area contributed by atoms with Crippen molar-refractivity contribution in [2.75, 3.05) is 11.9 Å². The highest BCUT2D eigenvalue weighted by atomic mass is 35.5. The molecule has 1 aliphatic rings. The van der Waals surface area contributed by atoms with Gasteiger partial charge in [-0.3, -0.25) is 14.8 Å². The Bertz CT molecular complexity index is 1090. The second-order valence-corrected chi connectivity index (χ2v) is 8.09. The first kappa shape index (κ1) is 21.2. The lowest BCUT2D eigenvalue weighted by molar-refractivity contribution is -0.0657. The molecule has 4 rings (SSSR count). The molecule has 2 unspecified atom stereocenters. The first-order chi connectivity index (χ1) is 14.9. The molecule has 3 aromatic rings. The van der Waals surface area contributed by atoms with Crippen molar-refractivity contribution in [3.05, 3.63) is 77.0 Å². The first-order valence-electron chi connectivity index (χ1n) is 9.97. The van der Waals surface area contributed by atoms with Crippen LogP contribution in [0.5, 0.6) is 0 Å². The smallest absolute Gasteiger partial charge is 0.253 e. The Morgan fingerprint density at radius 2 is 2.10 bits per heavy atom. The van der Waals surface area contributed by atoms with Crippen LogP contribution in [-0.2, 0) is 4.74 Å². The molecule has 0 aliphatic carbocycles. The van der Waals surface area contributed by atoms with Gasteiger partial charge in [-0.25, -0.2) is 4.39 Å². The lowest BCUT2D eigenvalue weighted by Gasteiger charge is -2.38. The Labute approximate surface area is 184 Å². The summed E-state index contributed by atoms with van der Waals surface area (Å²) in [5.41, 5.74) is 2.99. The van der Waals surface area contributed by atoms with Crippen LogP contribution >= 0.6 is 11.6 Å². The second kappa shape index (κ2) is 8.99. The van der Waals surface area contributed by atoms with E-state index in [4.69, 9.17) is 16.3 Å². The van der Waals surface area contributed by atoms with Crippen LogP contribution in [0.1, 0.15) is 35.7 Å². The third kappa shape index (κ3) is 4.68. The molecule has 1 amide bonds. The van der Waals surface area contributed by atoms with Crippen molar-refractivity contribution < 1.29 is 13.9 Å². The summed E-state index contributed by atoms with van der Waals surface area (Å²) in [5.74, 6) is -0.438. The lowest BCUT2D eigenvalue weighted by Crippen LogP contribution is -2.59. The van der Waals surface area contributed by atoms with Gasteiger partial charge in [0.1, 0.15) is 5.82 Å². The third-order valence-electron chi connectivity index (χ3n) is 5.12. The molecule has 2 atom stereocenters. The number of hydrogen-bond donors (Lipinski definition) is 2. The molecule has 8 heteroatoms. The van der Waals surface area contributed by atoms with Gasteiger partial charge in [0.05, 0.1) is 23.9 Å². The maximum atomic E-state index is 14.4. The highest BCUT2D eigenvalue weighted by molar-refractivity contribution is 6.30. The monoisotopic (exact) mass is 440 g/mol. The summed E-state index contributed by atoms with van der Waals surface area (Å²) in [5, 5.41) is 6.72. The van der Waals surface area contributed by atoms with Gasteiger partial charge in [0.2, 0.25) is 0 Å². The number of benzene rings is 1. The lowest BCUT2D eigenvalue weighted by atomic mass is 10.0. The van der Waals surface area contributed by atoms with Gasteiger partial charge in [0.15, 0.2) is 6.23 Å². The number of anilines is 1. The molecular weight excluding hydrogens is 419 g/mol. The Morgan fingerprint density at radius 1 is 1.26 bits per heavy atom. The molecule has 1 saturated heterocycles. The fourth-order valence-electron chi connectivity index (χ4n) is 3.34. The quantitative estimate of drug-likeness (QED) is 0.584. The van der Waals surface area contributed by atoms with Gasteiger partial charge in [-0.15, -0.1) is 0 Å². The average molecular weight is 441 g/mol. The summed E-state index contributed by atoms with van der Waals surface area (Å²) < 4.78 is 20.0. The van der Waals surface area contributed by atoms with Crippen LogP contribution < -0.4 is 10.6 Å². The molecule has 0 saturated carbocycles. The van der Waals surface area contributed by atoms with E-state index in [1.54, 1.807) is 36.7 Å². The largest absolute Gasteiger partial charge is 0.358 e. The van der Waals surface area contributed by atoms with E-state index in [1.807, 2.05) is 13.8 Å². The number of hydrogen-bond acceptors (Lipinski definition) is 5. The van der Waals surface area contributed by atoms with Crippen molar-refractivity contribution in [3.8, 4) is 11.3 Å². The van der Waals surface area contributed by atoms with Crippen LogP contribution in [0.2, 0.25) is 5.02 Å². The van der Waals surface area contributed by atoms with Gasteiger partial charge in [0, 0.05) is 34.9 Å². The summed E-state index contributed by atoms with van der Waals surface area (Å²) in [4.78, 5) is 20.8. The van der Waals surface area contributed by atoms with Gasteiger partial charge in [0.25, 0.3) is 5.91 Å². The molecule has 6 nitrogen and oxygen atoms in total. The van der Waals surface area contributed by atoms with Crippen molar-refractivity contribution in [1.29, 1.82) is 0 Å². The predicted molar refractivity (Wildman–Crippen MR) is 118 cm³/mol. The van der Waals surface area contributed by atoms with E-state index >= 15 is 0 Å². The first-order valence-corrected chi connectivity index (χ1v) is 10.3. The van der Waals surface area contributed by atoms with E-state index in [9.17, 15) is 9.18 Å². The number of rotatable bonds is 6. The van der Waals surface area contributed by atoms with Gasteiger partial charge in [-0.2, -0.15) is 0 Å². The zero-order valence-electron chi connectivity index (χ0n) is 17.1. The topological polar surface area (TPSA) is 76.1 Å². The van der Waals surface area contributed by atoms with Gasteiger partial charge >= 0.3 is 0 Å². The van der Waals surface area contributed by atoms with E-state index < -0.39 is 12.0 Å². The van der Waals surface area contributed by atoms with Crippen molar-refractivity contribution in [1.82, 2.24) is 15.3 Å². The van der Waals surface area contributed by atoms with Crippen molar-refractivity contribution in [3.63, 3.8) is 0 Å². The van der Waals surface area contributed by atoms with Crippen LogP contribution in [0.4, 0.5) is 10.1 Å². The van der Waals surface area contributed by atoms with Crippen LogP contribution in [-0.4, -0.2) is 34.8 Å². The predicted octanol–water partition coefficient (Wildman–Crippen LogP) is 4.63. The molecule has 31 heavy (non-hydrogen) atoms. The molecule has 160 valence electrons. The molecule has 0 radical (unpaired) electrons. The minimum atomic E-state index is -0.419. The molecule has 2 aromatic heterocycles. The number of ether oxygens (including phenoxy) is 1. The Kier molecular flexibility index (Phi) is 6.15. The second-order valence-electron chi connectivity index (χ2n) is 7.66. The number of pyridine rings is 2. The van der Waals surface area contributed by atoms with E-state index in [0.717, 1.165) is 11.3 Å². The maximum absolute atomic E-state index is 14.4. The molecule has 2 N–H and O–H groups in total.